The van der Waals surface area contributed by atoms with E-state index < -0.39 is 0 Å². The topological polar surface area (TPSA) is 62.7 Å². The second kappa shape index (κ2) is 11.2. The number of thiazole rings is 1. The van der Waals surface area contributed by atoms with Crippen LogP contribution in [0, 0.1) is 5.82 Å². The van der Waals surface area contributed by atoms with Crippen LogP contribution in [0.15, 0.2) is 47.8 Å². The number of carbonyl (C=O) groups excluding carboxylic acids is 2. The number of hydrogen-bond donors (Lipinski definition) is 0. The average molecular weight is 510 g/mol. The molecule has 190 valence electrons. The highest BCUT2D eigenvalue weighted by molar-refractivity contribution is 7.09. The summed E-state index contributed by atoms with van der Waals surface area (Å²) in [6, 6.07) is 12.1. The second-order valence-electron chi connectivity index (χ2n) is 9.11. The fourth-order valence-electron chi connectivity index (χ4n) is 4.67. The molecule has 0 spiro atoms. The van der Waals surface area contributed by atoms with E-state index >= 15 is 0 Å². The first-order chi connectivity index (χ1) is 17.3. The highest BCUT2D eigenvalue weighted by Gasteiger charge is 2.31. The third-order valence-corrected chi connectivity index (χ3v) is 7.33. The maximum absolute atomic E-state index is 13.6. The maximum atomic E-state index is 13.6. The van der Waals surface area contributed by atoms with Gasteiger partial charge in [-0.25, -0.2) is 9.37 Å². The molecule has 0 N–H and O–H groups in total. The summed E-state index contributed by atoms with van der Waals surface area (Å²) in [5, 5.41) is 2.49. The molecule has 0 fully saturated rings. The molecule has 0 radical (unpaired) electrons. The van der Waals surface area contributed by atoms with Gasteiger partial charge < -0.3 is 14.5 Å². The van der Waals surface area contributed by atoms with Crippen molar-refractivity contribution in [3.05, 3.63) is 81.1 Å². The minimum atomic E-state index is -0.308. The minimum Gasteiger partial charge on any atom is -0.486 e. The fourth-order valence-corrected chi connectivity index (χ4v) is 5.35. The SMILES string of the molecule is CCC(=O)N1CCc2ccc(OCc3nc(C(=O)N(CC)C(C)C)cs3)cc2C1c1ccc(F)cc1. The fraction of sp³-hybridized carbons (Fsp3) is 0.393. The summed E-state index contributed by atoms with van der Waals surface area (Å²) in [6.07, 6.45) is 1.15. The Bertz CT molecular complexity index is 1230. The molecule has 36 heavy (non-hydrogen) atoms. The molecular formula is C28H32FN3O3S. The van der Waals surface area contributed by atoms with Crippen LogP contribution in [0.2, 0.25) is 0 Å². The summed E-state index contributed by atoms with van der Waals surface area (Å²) in [7, 11) is 0. The molecule has 1 unspecified atom stereocenters. The molecule has 2 heterocycles. The van der Waals surface area contributed by atoms with Gasteiger partial charge in [-0.2, -0.15) is 0 Å². The molecule has 2 amide bonds. The summed E-state index contributed by atoms with van der Waals surface area (Å²) >= 11 is 1.40. The number of carbonyl (C=O) groups is 2. The highest BCUT2D eigenvalue weighted by atomic mass is 32.1. The van der Waals surface area contributed by atoms with Crippen LogP contribution in [0.3, 0.4) is 0 Å². The normalized spacial score (nSPS) is 15.1. The Morgan fingerprint density at radius 1 is 1.19 bits per heavy atom. The van der Waals surface area contributed by atoms with Crippen molar-refractivity contribution in [1.82, 2.24) is 14.8 Å². The Morgan fingerprint density at radius 3 is 2.61 bits per heavy atom. The monoisotopic (exact) mass is 509 g/mol. The van der Waals surface area contributed by atoms with Gasteiger partial charge in [-0.3, -0.25) is 9.59 Å². The third-order valence-electron chi connectivity index (χ3n) is 6.51. The molecule has 2 aromatic carbocycles. The van der Waals surface area contributed by atoms with Crippen molar-refractivity contribution in [2.45, 2.75) is 59.2 Å². The van der Waals surface area contributed by atoms with E-state index in [1.807, 2.05) is 50.8 Å². The molecule has 4 rings (SSSR count). The molecule has 0 saturated heterocycles. The molecule has 6 nitrogen and oxygen atoms in total. The van der Waals surface area contributed by atoms with Gasteiger partial charge in [0.05, 0.1) is 6.04 Å². The zero-order valence-electron chi connectivity index (χ0n) is 21.2. The van der Waals surface area contributed by atoms with E-state index in [2.05, 4.69) is 4.98 Å². The lowest BCUT2D eigenvalue weighted by atomic mass is 9.87. The van der Waals surface area contributed by atoms with Crippen molar-refractivity contribution in [1.29, 1.82) is 0 Å². The van der Waals surface area contributed by atoms with Gasteiger partial charge in [-0.05, 0) is 68.1 Å². The Hall–Kier alpha value is -3.26. The first-order valence-corrected chi connectivity index (χ1v) is 13.3. The number of rotatable bonds is 8. The minimum absolute atomic E-state index is 0.0591. The van der Waals surface area contributed by atoms with Crippen LogP contribution in [0.5, 0.6) is 5.75 Å². The van der Waals surface area contributed by atoms with Crippen LogP contribution in [0.4, 0.5) is 4.39 Å². The zero-order chi connectivity index (χ0) is 25.8. The molecule has 1 aromatic heterocycles. The number of aromatic nitrogens is 1. The molecular weight excluding hydrogens is 477 g/mol. The van der Waals surface area contributed by atoms with E-state index in [0.29, 0.717) is 36.0 Å². The molecule has 1 aliphatic heterocycles. The second-order valence-corrected chi connectivity index (χ2v) is 10.0. The van der Waals surface area contributed by atoms with Crippen LogP contribution in [0.1, 0.15) is 72.3 Å². The van der Waals surface area contributed by atoms with E-state index in [-0.39, 0.29) is 36.3 Å². The van der Waals surface area contributed by atoms with E-state index in [4.69, 9.17) is 4.74 Å². The summed E-state index contributed by atoms with van der Waals surface area (Å²) in [6.45, 7) is 9.27. The van der Waals surface area contributed by atoms with Gasteiger partial charge in [-0.15, -0.1) is 11.3 Å². The van der Waals surface area contributed by atoms with Crippen molar-refractivity contribution < 1.29 is 18.7 Å². The summed E-state index contributed by atoms with van der Waals surface area (Å²) in [5.74, 6) is 0.333. The lowest BCUT2D eigenvalue weighted by molar-refractivity contribution is -0.132. The average Bonchev–Trinajstić information content (AvgIpc) is 3.36. The van der Waals surface area contributed by atoms with E-state index in [1.54, 1.807) is 22.4 Å². The molecule has 0 bridgehead atoms. The van der Waals surface area contributed by atoms with E-state index in [0.717, 1.165) is 23.1 Å². The smallest absolute Gasteiger partial charge is 0.273 e. The summed E-state index contributed by atoms with van der Waals surface area (Å²) in [5.41, 5.74) is 3.43. The number of halogens is 1. The van der Waals surface area contributed by atoms with Gasteiger partial charge in [0.25, 0.3) is 5.91 Å². The number of fused-ring (bicyclic) bond motifs is 1. The highest BCUT2D eigenvalue weighted by Crippen LogP contribution is 2.37. The Labute approximate surface area is 215 Å². The van der Waals surface area contributed by atoms with Gasteiger partial charge in [0, 0.05) is 30.9 Å². The van der Waals surface area contributed by atoms with Gasteiger partial charge in [0.1, 0.15) is 28.9 Å². The van der Waals surface area contributed by atoms with Crippen LogP contribution in [-0.4, -0.2) is 45.7 Å². The van der Waals surface area contributed by atoms with Crippen molar-refractivity contribution >= 4 is 23.2 Å². The van der Waals surface area contributed by atoms with Crippen LogP contribution >= 0.6 is 11.3 Å². The number of ether oxygens (including phenoxy) is 1. The summed E-state index contributed by atoms with van der Waals surface area (Å²) < 4.78 is 19.7. The lowest BCUT2D eigenvalue weighted by Gasteiger charge is -2.38. The molecule has 0 saturated carbocycles. The van der Waals surface area contributed by atoms with Crippen molar-refractivity contribution in [3.8, 4) is 5.75 Å². The van der Waals surface area contributed by atoms with Crippen LogP contribution in [-0.2, 0) is 17.8 Å². The Kier molecular flexibility index (Phi) is 8.04. The van der Waals surface area contributed by atoms with Crippen molar-refractivity contribution in [2.24, 2.45) is 0 Å². The van der Waals surface area contributed by atoms with E-state index in [1.165, 1.54) is 23.5 Å². The molecule has 8 heteroatoms. The molecule has 1 atom stereocenters. The molecule has 1 aliphatic rings. The molecule has 3 aromatic rings. The Morgan fingerprint density at radius 2 is 1.94 bits per heavy atom. The predicted molar refractivity (Wildman–Crippen MR) is 139 cm³/mol. The van der Waals surface area contributed by atoms with E-state index in [9.17, 15) is 14.0 Å². The van der Waals surface area contributed by atoms with Crippen LogP contribution < -0.4 is 4.74 Å². The van der Waals surface area contributed by atoms with Crippen molar-refractivity contribution in [3.63, 3.8) is 0 Å². The zero-order valence-corrected chi connectivity index (χ0v) is 22.0. The maximum Gasteiger partial charge on any atom is 0.273 e. The standard InChI is InChI=1S/C28H32FN3O3S/c1-5-26(33)32-14-13-19-9-12-22(15-23(19)27(32)20-7-10-21(29)11-8-20)35-16-25-30-24(17-36-25)28(34)31(6-2)18(3)4/h7-12,15,17-18,27H,5-6,13-14,16H2,1-4H3. The predicted octanol–water partition coefficient (Wildman–Crippen LogP) is 5.62. The number of hydrogen-bond acceptors (Lipinski definition) is 5. The summed E-state index contributed by atoms with van der Waals surface area (Å²) in [4.78, 5) is 33.7. The largest absolute Gasteiger partial charge is 0.486 e. The van der Waals surface area contributed by atoms with Gasteiger partial charge >= 0.3 is 0 Å². The third kappa shape index (κ3) is 5.43. The Balaban J connectivity index is 1.56. The van der Waals surface area contributed by atoms with Crippen LogP contribution in [0.25, 0.3) is 0 Å². The quantitative estimate of drug-likeness (QED) is 0.396. The first kappa shape index (κ1) is 25.8. The van der Waals surface area contributed by atoms with Crippen molar-refractivity contribution in [2.75, 3.05) is 13.1 Å². The first-order valence-electron chi connectivity index (χ1n) is 12.4. The van der Waals surface area contributed by atoms with Gasteiger partial charge in [0.2, 0.25) is 5.91 Å². The number of nitrogens with zero attached hydrogens (tertiary/aromatic N) is 3. The lowest BCUT2D eigenvalue weighted by Crippen LogP contribution is -2.40. The number of benzene rings is 2. The number of amides is 2. The van der Waals surface area contributed by atoms with Gasteiger partial charge in [0.15, 0.2) is 0 Å². The van der Waals surface area contributed by atoms with Gasteiger partial charge in [-0.1, -0.05) is 25.1 Å². The molecule has 0 aliphatic carbocycles.